The van der Waals surface area contributed by atoms with Gasteiger partial charge in [-0.1, -0.05) is 30.5 Å². The van der Waals surface area contributed by atoms with Crippen LogP contribution in [0, 0.1) is 11.8 Å². The topological polar surface area (TPSA) is 63.7 Å². The smallest absolute Gasteiger partial charge is 0.353 e. The minimum absolute atomic E-state index is 0.160. The number of thiophene rings is 1. The van der Waals surface area contributed by atoms with Crippen LogP contribution in [-0.2, 0) is 9.59 Å². The highest BCUT2D eigenvalue weighted by Crippen LogP contribution is 2.43. The van der Waals surface area contributed by atoms with E-state index in [4.69, 9.17) is 16.3 Å². The average molecular weight is 390 g/mol. The molecule has 2 amide bonds. The van der Waals surface area contributed by atoms with Gasteiger partial charge in [0.25, 0.3) is 0 Å². The predicted octanol–water partition coefficient (Wildman–Crippen LogP) is 4.30. The molecule has 0 spiro atoms. The lowest BCUT2D eigenvalue weighted by Gasteiger charge is -2.19. The Labute approximate surface area is 159 Å². The second-order valence-electron chi connectivity index (χ2n) is 6.49. The minimum Gasteiger partial charge on any atom is -0.420 e. The molecule has 1 aromatic heterocycles. The number of esters is 1. The Bertz CT molecular complexity index is 856. The molecule has 134 valence electrons. The highest BCUT2D eigenvalue weighted by atomic mass is 35.5. The first-order valence-electron chi connectivity index (χ1n) is 8.49. The highest BCUT2D eigenvalue weighted by Gasteiger charge is 2.49. The number of fused-ring (bicyclic) bond motifs is 1. The summed E-state index contributed by atoms with van der Waals surface area (Å²) in [5, 5.41) is 2.14. The lowest BCUT2D eigenvalue weighted by atomic mass is 9.81. The van der Waals surface area contributed by atoms with E-state index in [1.165, 1.54) is 23.5 Å². The SMILES string of the molecule is O=C(Oc1ccc(Cl)cc1N1C(=O)[C@@H]2CCCC[C@H]2C1=O)c1cccs1. The lowest BCUT2D eigenvalue weighted by Crippen LogP contribution is -2.31. The van der Waals surface area contributed by atoms with E-state index >= 15 is 0 Å². The second kappa shape index (κ2) is 6.85. The summed E-state index contributed by atoms with van der Waals surface area (Å²) in [5.74, 6) is -1.38. The van der Waals surface area contributed by atoms with E-state index < -0.39 is 5.97 Å². The van der Waals surface area contributed by atoms with E-state index in [-0.39, 0.29) is 35.1 Å². The monoisotopic (exact) mass is 389 g/mol. The van der Waals surface area contributed by atoms with Crippen LogP contribution in [0.15, 0.2) is 35.7 Å². The van der Waals surface area contributed by atoms with Gasteiger partial charge < -0.3 is 4.74 Å². The Kier molecular flexibility index (Phi) is 4.54. The van der Waals surface area contributed by atoms with Crippen molar-refractivity contribution in [1.82, 2.24) is 0 Å². The van der Waals surface area contributed by atoms with E-state index in [9.17, 15) is 14.4 Å². The van der Waals surface area contributed by atoms with Crippen LogP contribution in [0.1, 0.15) is 35.4 Å². The number of ether oxygens (including phenoxy) is 1. The molecule has 5 nitrogen and oxygen atoms in total. The predicted molar refractivity (Wildman–Crippen MR) is 98.7 cm³/mol. The Balaban J connectivity index is 1.69. The van der Waals surface area contributed by atoms with Gasteiger partial charge in [-0.05, 0) is 42.5 Å². The van der Waals surface area contributed by atoms with Crippen LogP contribution in [-0.4, -0.2) is 17.8 Å². The van der Waals surface area contributed by atoms with Gasteiger partial charge in [0.1, 0.15) is 4.88 Å². The molecule has 2 heterocycles. The van der Waals surface area contributed by atoms with Crippen molar-refractivity contribution < 1.29 is 19.1 Å². The number of nitrogens with zero attached hydrogens (tertiary/aromatic N) is 1. The van der Waals surface area contributed by atoms with Crippen molar-refractivity contribution in [3.05, 3.63) is 45.6 Å². The van der Waals surface area contributed by atoms with Crippen molar-refractivity contribution in [2.45, 2.75) is 25.7 Å². The molecule has 1 saturated heterocycles. The normalized spacial score (nSPS) is 22.4. The van der Waals surface area contributed by atoms with Gasteiger partial charge in [-0.25, -0.2) is 9.69 Å². The number of carbonyl (C=O) groups is 3. The molecule has 2 aromatic rings. The summed E-state index contributed by atoms with van der Waals surface area (Å²) >= 11 is 7.35. The number of rotatable bonds is 3. The Morgan fingerprint density at radius 3 is 2.42 bits per heavy atom. The first-order valence-corrected chi connectivity index (χ1v) is 9.75. The van der Waals surface area contributed by atoms with Crippen LogP contribution in [0.25, 0.3) is 0 Å². The van der Waals surface area contributed by atoms with E-state index in [1.807, 2.05) is 0 Å². The number of hydrogen-bond donors (Lipinski definition) is 0. The molecule has 1 aliphatic heterocycles. The van der Waals surface area contributed by atoms with Crippen molar-refractivity contribution in [3.8, 4) is 5.75 Å². The van der Waals surface area contributed by atoms with Crippen molar-refractivity contribution in [2.24, 2.45) is 11.8 Å². The molecule has 2 aliphatic rings. The van der Waals surface area contributed by atoms with Gasteiger partial charge in [0.15, 0.2) is 5.75 Å². The molecule has 0 N–H and O–H groups in total. The van der Waals surface area contributed by atoms with Crippen LogP contribution in [0.2, 0.25) is 5.02 Å². The van der Waals surface area contributed by atoms with Gasteiger partial charge in [-0.2, -0.15) is 0 Å². The van der Waals surface area contributed by atoms with E-state index in [0.29, 0.717) is 9.90 Å². The summed E-state index contributed by atoms with van der Waals surface area (Å²) in [6, 6.07) is 8.00. The van der Waals surface area contributed by atoms with Gasteiger partial charge in [0, 0.05) is 5.02 Å². The lowest BCUT2D eigenvalue weighted by molar-refractivity contribution is -0.122. The first kappa shape index (κ1) is 17.2. The van der Waals surface area contributed by atoms with Gasteiger partial charge in [0.05, 0.1) is 17.5 Å². The highest BCUT2D eigenvalue weighted by molar-refractivity contribution is 7.12. The molecule has 1 aromatic carbocycles. The minimum atomic E-state index is -0.528. The number of hydrogen-bond acceptors (Lipinski definition) is 5. The molecular formula is C19H16ClNO4S. The number of amides is 2. The summed E-state index contributed by atoms with van der Waals surface area (Å²) in [4.78, 5) is 39.6. The summed E-state index contributed by atoms with van der Waals surface area (Å²) < 4.78 is 5.47. The van der Waals surface area contributed by atoms with Crippen molar-refractivity contribution in [1.29, 1.82) is 0 Å². The molecule has 4 rings (SSSR count). The largest absolute Gasteiger partial charge is 0.420 e. The number of halogens is 1. The molecule has 26 heavy (non-hydrogen) atoms. The zero-order valence-electron chi connectivity index (χ0n) is 13.8. The molecule has 0 unspecified atom stereocenters. The zero-order chi connectivity index (χ0) is 18.3. The number of carbonyl (C=O) groups excluding carboxylic acids is 3. The Morgan fingerprint density at radius 1 is 1.12 bits per heavy atom. The summed E-state index contributed by atoms with van der Waals surface area (Å²) in [7, 11) is 0. The summed E-state index contributed by atoms with van der Waals surface area (Å²) in [6.45, 7) is 0. The standard InChI is InChI=1S/C19H16ClNO4S/c20-11-7-8-15(25-19(24)16-6-3-9-26-16)14(10-11)21-17(22)12-4-1-2-5-13(12)18(21)23/h3,6-10,12-13H,1-2,4-5H2/t12-,13-/m1/s1. The molecule has 2 atom stereocenters. The van der Waals surface area contributed by atoms with Crippen LogP contribution < -0.4 is 9.64 Å². The van der Waals surface area contributed by atoms with Gasteiger partial charge in [-0.15, -0.1) is 11.3 Å². The Morgan fingerprint density at radius 2 is 1.81 bits per heavy atom. The third-order valence-electron chi connectivity index (χ3n) is 4.93. The maximum atomic E-state index is 12.9. The van der Waals surface area contributed by atoms with E-state index in [2.05, 4.69) is 0 Å². The van der Waals surface area contributed by atoms with Crippen LogP contribution in [0.4, 0.5) is 5.69 Å². The van der Waals surface area contributed by atoms with Crippen LogP contribution in [0.3, 0.4) is 0 Å². The third-order valence-corrected chi connectivity index (χ3v) is 6.01. The number of imide groups is 1. The third kappa shape index (κ3) is 2.93. The fraction of sp³-hybridized carbons (Fsp3) is 0.316. The molecule has 0 bridgehead atoms. The van der Waals surface area contributed by atoms with Crippen LogP contribution in [0.5, 0.6) is 5.75 Å². The number of benzene rings is 1. The van der Waals surface area contributed by atoms with Crippen molar-refractivity contribution in [2.75, 3.05) is 4.90 Å². The molecule has 2 fully saturated rings. The summed E-state index contributed by atoms with van der Waals surface area (Å²) in [5.41, 5.74) is 0.242. The van der Waals surface area contributed by atoms with E-state index in [1.54, 1.807) is 23.6 Å². The van der Waals surface area contributed by atoms with Gasteiger partial charge >= 0.3 is 5.97 Å². The molecule has 7 heteroatoms. The fourth-order valence-corrected chi connectivity index (χ4v) is 4.46. The second-order valence-corrected chi connectivity index (χ2v) is 7.87. The fourth-order valence-electron chi connectivity index (χ4n) is 3.70. The molecule has 1 aliphatic carbocycles. The number of anilines is 1. The van der Waals surface area contributed by atoms with Crippen molar-refractivity contribution in [3.63, 3.8) is 0 Å². The molecular weight excluding hydrogens is 374 g/mol. The molecule has 0 radical (unpaired) electrons. The summed E-state index contributed by atoms with van der Waals surface area (Å²) in [6.07, 6.45) is 3.33. The van der Waals surface area contributed by atoms with Gasteiger partial charge in [0.2, 0.25) is 11.8 Å². The van der Waals surface area contributed by atoms with E-state index in [0.717, 1.165) is 30.6 Å². The zero-order valence-corrected chi connectivity index (χ0v) is 15.4. The first-order chi connectivity index (χ1) is 12.6. The van der Waals surface area contributed by atoms with Crippen molar-refractivity contribution >= 4 is 46.4 Å². The maximum absolute atomic E-state index is 12.9. The quantitative estimate of drug-likeness (QED) is 0.446. The maximum Gasteiger partial charge on any atom is 0.353 e. The van der Waals surface area contributed by atoms with Crippen LogP contribution >= 0.6 is 22.9 Å². The average Bonchev–Trinajstić information content (AvgIpc) is 3.25. The Hall–Kier alpha value is -2.18. The van der Waals surface area contributed by atoms with Gasteiger partial charge in [-0.3, -0.25) is 9.59 Å². The molecule has 1 saturated carbocycles.